The van der Waals surface area contributed by atoms with E-state index >= 15 is 0 Å². The lowest BCUT2D eigenvalue weighted by molar-refractivity contribution is -0.153. The molecule has 49 valence electrons. The van der Waals surface area contributed by atoms with Gasteiger partial charge >= 0.3 is 6.18 Å². The van der Waals surface area contributed by atoms with E-state index in [0.29, 0.717) is 6.39 Å². The van der Waals surface area contributed by atoms with Crippen LogP contribution in [0.5, 0.6) is 0 Å². The molecule has 0 fully saturated rings. The van der Waals surface area contributed by atoms with E-state index in [0.717, 1.165) is 0 Å². The molecule has 0 aliphatic carbocycles. The minimum absolute atomic E-state index is 0.683. The number of rotatable bonds is 0. The summed E-state index contributed by atoms with van der Waals surface area (Å²) in [7, 11) is 0. The quantitative estimate of drug-likeness (QED) is 0.540. The van der Waals surface area contributed by atoms with Crippen molar-refractivity contribution in [1.29, 1.82) is 0 Å². The predicted molar refractivity (Wildman–Crippen MR) is 20.3 cm³/mol. The fraction of sp³-hybridized carbons (Fsp3) is 0.250. The second-order valence-electron chi connectivity index (χ2n) is 1.29. The Kier molecular flexibility index (Phi) is 1.19. The van der Waals surface area contributed by atoms with E-state index in [-0.39, 0.29) is 0 Å². The lowest BCUT2D eigenvalue weighted by Gasteiger charge is -1.96. The van der Waals surface area contributed by atoms with Crippen LogP contribution in [-0.4, -0.2) is 4.98 Å². The topological polar surface area (TPSA) is 26.0 Å². The van der Waals surface area contributed by atoms with Gasteiger partial charge in [0.1, 0.15) is 6.20 Å². The molecule has 5 heteroatoms. The summed E-state index contributed by atoms with van der Waals surface area (Å²) in [5.41, 5.74) is 0. The van der Waals surface area contributed by atoms with E-state index in [4.69, 9.17) is 0 Å². The molecular weight excluding hydrogens is 135 g/mol. The zero-order valence-electron chi connectivity index (χ0n) is 4.07. The van der Waals surface area contributed by atoms with Gasteiger partial charge in [0.05, 0.1) is 0 Å². The molecule has 0 spiro atoms. The Morgan fingerprint density at radius 2 is 2.22 bits per heavy atom. The van der Waals surface area contributed by atoms with Gasteiger partial charge in [-0.15, -0.1) is 0 Å². The standard InChI is InChI=1S/C4HF3NO/c5-4(6,7)3-1-8-2-9-3/h2H. The summed E-state index contributed by atoms with van der Waals surface area (Å²) in [5, 5.41) is 0. The van der Waals surface area contributed by atoms with Crippen molar-refractivity contribution in [1.82, 2.24) is 4.98 Å². The molecule has 1 heterocycles. The maximum absolute atomic E-state index is 11.5. The normalized spacial score (nSPS) is 11.9. The number of aromatic nitrogens is 1. The molecular formula is C4HF3NO. The summed E-state index contributed by atoms with van der Waals surface area (Å²) in [5.74, 6) is -1.19. The number of oxazole rings is 1. The number of hydrogen-bond acceptors (Lipinski definition) is 2. The first kappa shape index (κ1) is 6.12. The molecule has 1 rings (SSSR count). The number of halogens is 3. The average molecular weight is 136 g/mol. The average Bonchev–Trinajstić information content (AvgIpc) is 2.08. The molecule has 0 aliphatic rings. The van der Waals surface area contributed by atoms with Crippen LogP contribution in [0, 0.1) is 6.20 Å². The van der Waals surface area contributed by atoms with Crippen molar-refractivity contribution < 1.29 is 17.6 Å². The van der Waals surface area contributed by atoms with Crippen LogP contribution in [0.25, 0.3) is 0 Å². The third-order valence-corrected chi connectivity index (χ3v) is 0.647. The monoisotopic (exact) mass is 136 g/mol. The summed E-state index contributed by atoms with van der Waals surface area (Å²) < 4.78 is 38.3. The Morgan fingerprint density at radius 3 is 2.44 bits per heavy atom. The molecule has 0 aromatic carbocycles. The second-order valence-corrected chi connectivity index (χ2v) is 1.29. The molecule has 2 nitrogen and oxygen atoms in total. The number of alkyl halides is 3. The Hall–Kier alpha value is -1.00. The fourth-order valence-corrected chi connectivity index (χ4v) is 0.321. The molecule has 0 saturated carbocycles. The molecule has 0 N–H and O–H groups in total. The van der Waals surface area contributed by atoms with Gasteiger partial charge in [-0.2, -0.15) is 13.2 Å². The van der Waals surface area contributed by atoms with Gasteiger partial charge in [0, 0.05) is 0 Å². The summed E-state index contributed by atoms with van der Waals surface area (Å²) >= 11 is 0. The molecule has 0 saturated heterocycles. The Bertz CT molecular complexity index is 178. The van der Waals surface area contributed by atoms with Gasteiger partial charge < -0.3 is 4.42 Å². The van der Waals surface area contributed by atoms with E-state index in [9.17, 15) is 13.2 Å². The molecule has 0 unspecified atom stereocenters. The summed E-state index contributed by atoms with van der Waals surface area (Å²) in [6, 6.07) is 0. The maximum atomic E-state index is 11.5. The van der Waals surface area contributed by atoms with Crippen molar-refractivity contribution in [3.63, 3.8) is 0 Å². The molecule has 1 aromatic heterocycles. The first-order valence-electron chi connectivity index (χ1n) is 1.99. The zero-order valence-corrected chi connectivity index (χ0v) is 4.07. The minimum Gasteiger partial charge on any atom is -0.438 e. The summed E-state index contributed by atoms with van der Waals surface area (Å²) in [6.07, 6.45) is -2.14. The third kappa shape index (κ3) is 1.22. The van der Waals surface area contributed by atoms with Gasteiger partial charge in [0.2, 0.25) is 5.76 Å². The molecule has 1 aromatic rings. The van der Waals surface area contributed by atoms with Crippen LogP contribution < -0.4 is 0 Å². The second kappa shape index (κ2) is 1.75. The Morgan fingerprint density at radius 1 is 1.56 bits per heavy atom. The van der Waals surface area contributed by atoms with Gasteiger partial charge in [-0.3, -0.25) is 0 Å². The minimum atomic E-state index is -4.46. The van der Waals surface area contributed by atoms with Crippen LogP contribution in [0.1, 0.15) is 5.76 Å². The Balaban J connectivity index is 2.90. The van der Waals surface area contributed by atoms with Gasteiger partial charge in [0.25, 0.3) is 0 Å². The van der Waals surface area contributed by atoms with Crippen LogP contribution in [0.2, 0.25) is 0 Å². The van der Waals surface area contributed by atoms with Gasteiger partial charge in [0.15, 0.2) is 6.39 Å². The molecule has 9 heavy (non-hydrogen) atoms. The van der Waals surface area contributed by atoms with E-state index in [1.165, 1.54) is 0 Å². The van der Waals surface area contributed by atoms with Crippen molar-refractivity contribution in [2.75, 3.05) is 0 Å². The number of hydrogen-bond donors (Lipinski definition) is 0. The van der Waals surface area contributed by atoms with Crippen LogP contribution >= 0.6 is 0 Å². The zero-order chi connectivity index (χ0) is 6.91. The largest absolute Gasteiger partial charge is 0.451 e. The maximum Gasteiger partial charge on any atom is 0.451 e. The highest BCUT2D eigenvalue weighted by atomic mass is 19.4. The summed E-state index contributed by atoms with van der Waals surface area (Å²) in [6.45, 7) is 0. The lowest BCUT2D eigenvalue weighted by Crippen LogP contribution is -2.02. The van der Waals surface area contributed by atoms with Crippen molar-refractivity contribution in [2.45, 2.75) is 6.18 Å². The smallest absolute Gasteiger partial charge is 0.438 e. The molecule has 0 bridgehead atoms. The molecule has 0 amide bonds. The molecule has 0 aliphatic heterocycles. The lowest BCUT2D eigenvalue weighted by atomic mass is 10.5. The third-order valence-electron chi connectivity index (χ3n) is 0.647. The van der Waals surface area contributed by atoms with E-state index < -0.39 is 11.9 Å². The van der Waals surface area contributed by atoms with E-state index in [2.05, 4.69) is 9.40 Å². The first-order chi connectivity index (χ1) is 4.11. The Labute approximate surface area is 48.3 Å². The van der Waals surface area contributed by atoms with Crippen LogP contribution in [0.4, 0.5) is 13.2 Å². The fourth-order valence-electron chi connectivity index (χ4n) is 0.321. The van der Waals surface area contributed by atoms with Crippen molar-refractivity contribution in [3.8, 4) is 0 Å². The van der Waals surface area contributed by atoms with Gasteiger partial charge in [-0.25, -0.2) is 4.98 Å². The van der Waals surface area contributed by atoms with Crippen molar-refractivity contribution in [3.05, 3.63) is 18.4 Å². The van der Waals surface area contributed by atoms with Crippen LogP contribution in [0.15, 0.2) is 10.8 Å². The van der Waals surface area contributed by atoms with E-state index in [1.807, 2.05) is 0 Å². The van der Waals surface area contributed by atoms with Crippen LogP contribution in [0.3, 0.4) is 0 Å². The first-order valence-corrected chi connectivity index (χ1v) is 1.99. The predicted octanol–water partition coefficient (Wildman–Crippen LogP) is 1.49. The highest BCUT2D eigenvalue weighted by Gasteiger charge is 2.34. The van der Waals surface area contributed by atoms with Crippen molar-refractivity contribution in [2.24, 2.45) is 0 Å². The highest BCUT2D eigenvalue weighted by Crippen LogP contribution is 2.27. The van der Waals surface area contributed by atoms with Crippen LogP contribution in [-0.2, 0) is 6.18 Å². The highest BCUT2D eigenvalue weighted by molar-refractivity contribution is 4.90. The van der Waals surface area contributed by atoms with Crippen molar-refractivity contribution >= 4 is 0 Å². The molecule has 1 radical (unpaired) electrons. The summed E-state index contributed by atoms with van der Waals surface area (Å²) in [4.78, 5) is 2.98. The SMILES string of the molecule is FC(F)(F)c1[c]nco1. The van der Waals surface area contributed by atoms with E-state index in [1.54, 1.807) is 6.20 Å². The van der Waals surface area contributed by atoms with Gasteiger partial charge in [-0.1, -0.05) is 0 Å². The number of nitrogens with zero attached hydrogens (tertiary/aromatic N) is 1. The van der Waals surface area contributed by atoms with Gasteiger partial charge in [-0.05, 0) is 0 Å². The molecule has 0 atom stereocenters.